The first-order valence-electron chi connectivity index (χ1n) is 7.73. The van der Waals surface area contributed by atoms with E-state index >= 15 is 0 Å². The van der Waals surface area contributed by atoms with Gasteiger partial charge in [-0.1, -0.05) is 54.6 Å². The Balaban J connectivity index is 1.87. The highest BCUT2D eigenvalue weighted by atomic mass is 16.2. The van der Waals surface area contributed by atoms with Gasteiger partial charge in [0.15, 0.2) is 0 Å². The lowest BCUT2D eigenvalue weighted by molar-refractivity contribution is -0.131. The van der Waals surface area contributed by atoms with Gasteiger partial charge in [0.2, 0.25) is 0 Å². The Hall–Kier alpha value is -3.13. The van der Waals surface area contributed by atoms with Crippen LogP contribution in [0.15, 0.2) is 54.6 Å². The van der Waals surface area contributed by atoms with Gasteiger partial charge in [0.1, 0.15) is 5.54 Å². The highest BCUT2D eigenvalue weighted by Crippen LogP contribution is 2.30. The minimum absolute atomic E-state index is 0.110. The van der Waals surface area contributed by atoms with E-state index in [4.69, 9.17) is 5.26 Å². The van der Waals surface area contributed by atoms with Gasteiger partial charge in [-0.05, 0) is 23.6 Å². The molecule has 1 aliphatic rings. The van der Waals surface area contributed by atoms with Crippen LogP contribution >= 0.6 is 0 Å². The number of imide groups is 1. The van der Waals surface area contributed by atoms with E-state index in [1.165, 1.54) is 0 Å². The number of rotatable bonds is 4. The van der Waals surface area contributed by atoms with E-state index in [1.807, 2.05) is 60.7 Å². The molecule has 1 heterocycles. The number of nitrogens with one attached hydrogen (secondary N) is 1. The molecule has 1 N–H and O–H groups in total. The van der Waals surface area contributed by atoms with Gasteiger partial charge in [-0.2, -0.15) is 5.26 Å². The minimum Gasteiger partial charge on any atom is -0.319 e. The SMILES string of the molecule is CC1(c2ccc(-c3ccccc3)cc2)NC(=O)N(CCC#N)C1=O. The maximum Gasteiger partial charge on any atom is 0.325 e. The zero-order valence-corrected chi connectivity index (χ0v) is 13.3. The van der Waals surface area contributed by atoms with Crippen molar-refractivity contribution in [3.05, 3.63) is 60.2 Å². The summed E-state index contributed by atoms with van der Waals surface area (Å²) >= 11 is 0. The molecule has 5 nitrogen and oxygen atoms in total. The summed E-state index contributed by atoms with van der Waals surface area (Å²) in [6.07, 6.45) is 0.127. The maximum absolute atomic E-state index is 12.6. The number of carbonyl (C=O) groups is 2. The van der Waals surface area contributed by atoms with Gasteiger partial charge in [0.25, 0.3) is 5.91 Å². The van der Waals surface area contributed by atoms with Crippen molar-refractivity contribution in [3.63, 3.8) is 0 Å². The van der Waals surface area contributed by atoms with Crippen LogP contribution in [-0.2, 0) is 10.3 Å². The molecule has 3 rings (SSSR count). The zero-order chi connectivity index (χ0) is 17.2. The molecular weight excluding hydrogens is 302 g/mol. The highest BCUT2D eigenvalue weighted by Gasteiger charge is 2.48. The van der Waals surface area contributed by atoms with Crippen molar-refractivity contribution in [1.82, 2.24) is 10.2 Å². The van der Waals surface area contributed by atoms with E-state index in [0.717, 1.165) is 21.6 Å². The van der Waals surface area contributed by atoms with E-state index in [1.54, 1.807) is 6.92 Å². The molecule has 1 fully saturated rings. The Morgan fingerprint density at radius 2 is 1.67 bits per heavy atom. The molecule has 2 aromatic rings. The highest BCUT2D eigenvalue weighted by molar-refractivity contribution is 6.07. The number of nitriles is 1. The van der Waals surface area contributed by atoms with Crippen molar-refractivity contribution in [3.8, 4) is 17.2 Å². The summed E-state index contributed by atoms with van der Waals surface area (Å²) in [6, 6.07) is 19.0. The number of benzene rings is 2. The number of hydrogen-bond donors (Lipinski definition) is 1. The fraction of sp³-hybridized carbons (Fsp3) is 0.211. The minimum atomic E-state index is -1.10. The van der Waals surface area contributed by atoms with Crippen LogP contribution < -0.4 is 5.32 Å². The molecule has 3 amide bonds. The predicted molar refractivity (Wildman–Crippen MR) is 89.7 cm³/mol. The first-order valence-corrected chi connectivity index (χ1v) is 7.73. The Morgan fingerprint density at radius 1 is 1.04 bits per heavy atom. The van der Waals surface area contributed by atoms with Crippen LogP contribution in [0.1, 0.15) is 18.9 Å². The normalized spacial score (nSPS) is 19.9. The lowest BCUT2D eigenvalue weighted by atomic mass is 9.90. The van der Waals surface area contributed by atoms with Crippen LogP contribution in [0.5, 0.6) is 0 Å². The second-order valence-corrected chi connectivity index (χ2v) is 5.86. The van der Waals surface area contributed by atoms with Crippen molar-refractivity contribution in [1.29, 1.82) is 5.26 Å². The molecular formula is C19H17N3O2. The van der Waals surface area contributed by atoms with Gasteiger partial charge in [0, 0.05) is 6.54 Å². The van der Waals surface area contributed by atoms with Crippen molar-refractivity contribution >= 4 is 11.9 Å². The third-order valence-corrected chi connectivity index (χ3v) is 4.29. The molecule has 0 aromatic heterocycles. The third kappa shape index (κ3) is 2.63. The lowest BCUT2D eigenvalue weighted by Gasteiger charge is -2.22. The van der Waals surface area contributed by atoms with Crippen molar-refractivity contribution in [2.75, 3.05) is 6.54 Å². The Kier molecular flexibility index (Phi) is 4.05. The standard InChI is InChI=1S/C19H17N3O2/c1-19(17(23)22(13-5-12-20)18(24)21-19)16-10-8-15(9-11-16)14-6-3-2-4-7-14/h2-4,6-11H,5,13H2,1H3,(H,21,24). The molecule has 1 aliphatic heterocycles. The topological polar surface area (TPSA) is 73.2 Å². The van der Waals surface area contributed by atoms with E-state index in [-0.39, 0.29) is 18.9 Å². The first kappa shape index (κ1) is 15.8. The number of urea groups is 1. The summed E-state index contributed by atoms with van der Waals surface area (Å²) in [7, 11) is 0. The monoisotopic (exact) mass is 319 g/mol. The molecule has 0 spiro atoms. The van der Waals surface area contributed by atoms with Gasteiger partial charge in [-0.15, -0.1) is 0 Å². The number of nitrogens with zero attached hydrogens (tertiary/aromatic N) is 2. The van der Waals surface area contributed by atoms with Crippen LogP contribution in [0.4, 0.5) is 4.79 Å². The number of amides is 3. The number of carbonyl (C=O) groups excluding carboxylic acids is 2. The summed E-state index contributed by atoms with van der Waals surface area (Å²) in [4.78, 5) is 25.8. The average Bonchev–Trinajstić information content (AvgIpc) is 2.84. The van der Waals surface area contributed by atoms with Crippen LogP contribution in [0.3, 0.4) is 0 Å². The zero-order valence-electron chi connectivity index (χ0n) is 13.3. The van der Waals surface area contributed by atoms with E-state index in [9.17, 15) is 9.59 Å². The molecule has 24 heavy (non-hydrogen) atoms. The maximum atomic E-state index is 12.6. The molecule has 1 saturated heterocycles. The van der Waals surface area contributed by atoms with Crippen LogP contribution in [0, 0.1) is 11.3 Å². The molecule has 0 aliphatic carbocycles. The van der Waals surface area contributed by atoms with Crippen molar-refractivity contribution < 1.29 is 9.59 Å². The summed E-state index contributed by atoms with van der Waals surface area (Å²) in [5.41, 5.74) is 1.76. The van der Waals surface area contributed by atoms with Gasteiger partial charge >= 0.3 is 6.03 Å². The molecule has 0 radical (unpaired) electrons. The molecule has 0 saturated carbocycles. The lowest BCUT2D eigenvalue weighted by Crippen LogP contribution is -2.40. The molecule has 120 valence electrons. The van der Waals surface area contributed by atoms with Crippen molar-refractivity contribution in [2.45, 2.75) is 18.9 Å². The van der Waals surface area contributed by atoms with Gasteiger partial charge in [-0.25, -0.2) is 4.79 Å². The van der Waals surface area contributed by atoms with E-state index < -0.39 is 11.6 Å². The van der Waals surface area contributed by atoms with Crippen LogP contribution in [-0.4, -0.2) is 23.4 Å². The fourth-order valence-corrected chi connectivity index (χ4v) is 2.88. The fourth-order valence-electron chi connectivity index (χ4n) is 2.88. The van der Waals surface area contributed by atoms with Crippen LogP contribution in [0.2, 0.25) is 0 Å². The van der Waals surface area contributed by atoms with E-state index in [0.29, 0.717) is 0 Å². The smallest absolute Gasteiger partial charge is 0.319 e. The Labute approximate surface area is 140 Å². The molecule has 1 unspecified atom stereocenters. The Bertz CT molecular complexity index is 809. The largest absolute Gasteiger partial charge is 0.325 e. The molecule has 0 bridgehead atoms. The Morgan fingerprint density at radius 3 is 2.29 bits per heavy atom. The first-order chi connectivity index (χ1) is 11.6. The van der Waals surface area contributed by atoms with Gasteiger partial charge in [0.05, 0.1) is 12.5 Å². The third-order valence-electron chi connectivity index (χ3n) is 4.29. The quantitative estimate of drug-likeness (QED) is 0.880. The second-order valence-electron chi connectivity index (χ2n) is 5.86. The summed E-state index contributed by atoms with van der Waals surface area (Å²) in [5, 5.41) is 11.4. The van der Waals surface area contributed by atoms with Crippen molar-refractivity contribution in [2.24, 2.45) is 0 Å². The second kappa shape index (κ2) is 6.17. The molecule has 2 aromatic carbocycles. The molecule has 1 atom stereocenters. The molecule has 5 heteroatoms. The van der Waals surface area contributed by atoms with Crippen LogP contribution in [0.25, 0.3) is 11.1 Å². The van der Waals surface area contributed by atoms with Gasteiger partial charge < -0.3 is 5.32 Å². The predicted octanol–water partition coefficient (Wildman–Crippen LogP) is 3.03. The summed E-state index contributed by atoms with van der Waals surface area (Å²) in [5.74, 6) is -0.324. The number of hydrogen-bond acceptors (Lipinski definition) is 3. The summed E-state index contributed by atoms with van der Waals surface area (Å²) in [6.45, 7) is 1.80. The van der Waals surface area contributed by atoms with Gasteiger partial charge in [-0.3, -0.25) is 9.69 Å². The van der Waals surface area contributed by atoms with E-state index in [2.05, 4.69) is 5.32 Å². The average molecular weight is 319 g/mol. The summed E-state index contributed by atoms with van der Waals surface area (Å²) < 4.78 is 0.